The molecule has 128 valence electrons. The van der Waals surface area contributed by atoms with Gasteiger partial charge in [0.2, 0.25) is 0 Å². The van der Waals surface area contributed by atoms with Crippen molar-refractivity contribution in [3.05, 3.63) is 35.4 Å². The van der Waals surface area contributed by atoms with Gasteiger partial charge < -0.3 is 5.32 Å². The van der Waals surface area contributed by atoms with Crippen LogP contribution in [0.1, 0.15) is 49.8 Å². The maximum atomic E-state index is 13.0. The van der Waals surface area contributed by atoms with E-state index in [1.165, 1.54) is 37.8 Å². The molecule has 2 fully saturated rings. The van der Waals surface area contributed by atoms with E-state index in [-0.39, 0.29) is 6.04 Å². The number of hydrogen-bond acceptors (Lipinski definition) is 2. The molecular formula is C18H25F3N2. The summed E-state index contributed by atoms with van der Waals surface area (Å²) in [5, 5.41) is 3.43. The van der Waals surface area contributed by atoms with Gasteiger partial charge in [0.25, 0.3) is 0 Å². The first-order valence-electron chi connectivity index (χ1n) is 8.59. The standard InChI is InChI=1S/C18H25F3N2/c1-13(15-5-2-6-16(10-15)18(19,20)21)23(17-7-8-17)12-14-4-3-9-22-11-14/h2,5-6,10,13-14,17,22H,3-4,7-9,11-12H2,1H3. The first-order valence-corrected chi connectivity index (χ1v) is 8.59. The minimum Gasteiger partial charge on any atom is -0.316 e. The highest BCUT2D eigenvalue weighted by Crippen LogP contribution is 2.37. The number of alkyl halides is 3. The molecule has 1 aliphatic carbocycles. The van der Waals surface area contributed by atoms with Crippen molar-refractivity contribution in [3.8, 4) is 0 Å². The summed E-state index contributed by atoms with van der Waals surface area (Å²) in [4.78, 5) is 2.42. The molecule has 0 aromatic heterocycles. The molecule has 0 amide bonds. The summed E-state index contributed by atoms with van der Waals surface area (Å²) in [5.41, 5.74) is 0.229. The lowest BCUT2D eigenvalue weighted by atomic mass is 9.96. The fraction of sp³-hybridized carbons (Fsp3) is 0.667. The van der Waals surface area contributed by atoms with Gasteiger partial charge in [-0.25, -0.2) is 0 Å². The van der Waals surface area contributed by atoms with E-state index < -0.39 is 11.7 Å². The van der Waals surface area contributed by atoms with E-state index in [2.05, 4.69) is 10.2 Å². The fourth-order valence-corrected chi connectivity index (χ4v) is 3.57. The molecule has 2 atom stereocenters. The van der Waals surface area contributed by atoms with Crippen LogP contribution in [0.15, 0.2) is 24.3 Å². The summed E-state index contributed by atoms with van der Waals surface area (Å²) in [6.07, 6.45) is 0.479. The van der Waals surface area contributed by atoms with E-state index in [1.54, 1.807) is 0 Å². The summed E-state index contributed by atoms with van der Waals surface area (Å²) in [6.45, 7) is 5.14. The van der Waals surface area contributed by atoms with Gasteiger partial charge in [-0.2, -0.15) is 13.2 Å². The Hall–Kier alpha value is -1.07. The third-order valence-corrected chi connectivity index (χ3v) is 5.08. The SMILES string of the molecule is CC(c1cccc(C(F)(F)F)c1)N(CC1CCCNC1)C1CC1. The van der Waals surface area contributed by atoms with Crippen LogP contribution in [0.3, 0.4) is 0 Å². The predicted molar refractivity (Wildman–Crippen MR) is 85.2 cm³/mol. The second-order valence-corrected chi connectivity index (χ2v) is 6.94. The molecule has 23 heavy (non-hydrogen) atoms. The largest absolute Gasteiger partial charge is 0.416 e. The minimum atomic E-state index is -4.27. The van der Waals surface area contributed by atoms with Gasteiger partial charge in [0.15, 0.2) is 0 Å². The molecule has 2 aliphatic rings. The van der Waals surface area contributed by atoms with Crippen molar-refractivity contribution in [2.45, 2.75) is 50.9 Å². The first kappa shape index (κ1) is 16.8. The maximum absolute atomic E-state index is 13.0. The van der Waals surface area contributed by atoms with Crippen LogP contribution >= 0.6 is 0 Å². The molecule has 2 unspecified atom stereocenters. The fourth-order valence-electron chi connectivity index (χ4n) is 3.57. The molecular weight excluding hydrogens is 301 g/mol. The van der Waals surface area contributed by atoms with Crippen LogP contribution < -0.4 is 5.32 Å². The summed E-state index contributed by atoms with van der Waals surface area (Å²) in [7, 11) is 0. The van der Waals surface area contributed by atoms with Crippen molar-refractivity contribution < 1.29 is 13.2 Å². The van der Waals surface area contributed by atoms with E-state index in [0.29, 0.717) is 12.0 Å². The number of rotatable bonds is 5. The summed E-state index contributed by atoms with van der Waals surface area (Å²) in [5.74, 6) is 0.609. The van der Waals surface area contributed by atoms with Crippen molar-refractivity contribution >= 4 is 0 Å². The topological polar surface area (TPSA) is 15.3 Å². The Bertz CT molecular complexity index is 519. The summed E-state index contributed by atoms with van der Waals surface area (Å²) in [6, 6.07) is 6.41. The van der Waals surface area contributed by atoms with Gasteiger partial charge in [-0.3, -0.25) is 4.90 Å². The molecule has 2 nitrogen and oxygen atoms in total. The van der Waals surface area contributed by atoms with Gasteiger partial charge in [0.05, 0.1) is 5.56 Å². The zero-order valence-corrected chi connectivity index (χ0v) is 13.6. The number of nitrogens with zero attached hydrogens (tertiary/aromatic N) is 1. The molecule has 1 N–H and O–H groups in total. The minimum absolute atomic E-state index is 0.0340. The van der Waals surface area contributed by atoms with Gasteiger partial charge in [-0.05, 0) is 69.3 Å². The molecule has 5 heteroatoms. The van der Waals surface area contributed by atoms with Gasteiger partial charge in [0.1, 0.15) is 0 Å². The average molecular weight is 326 g/mol. The van der Waals surface area contributed by atoms with E-state index in [4.69, 9.17) is 0 Å². The second kappa shape index (κ2) is 6.81. The van der Waals surface area contributed by atoms with Gasteiger partial charge in [-0.15, -0.1) is 0 Å². The van der Waals surface area contributed by atoms with Gasteiger partial charge in [-0.1, -0.05) is 12.1 Å². The summed E-state index contributed by atoms with van der Waals surface area (Å²) >= 11 is 0. The Morgan fingerprint density at radius 1 is 1.26 bits per heavy atom. The molecule has 0 radical (unpaired) electrons. The number of nitrogens with one attached hydrogen (secondary N) is 1. The summed E-state index contributed by atoms with van der Waals surface area (Å²) < 4.78 is 38.9. The number of hydrogen-bond donors (Lipinski definition) is 1. The van der Waals surface area contributed by atoms with Gasteiger partial charge >= 0.3 is 6.18 Å². The van der Waals surface area contributed by atoms with E-state index in [9.17, 15) is 13.2 Å². The van der Waals surface area contributed by atoms with Crippen LogP contribution in [0.5, 0.6) is 0 Å². The Balaban J connectivity index is 1.74. The lowest BCUT2D eigenvalue weighted by Gasteiger charge is -2.34. The van der Waals surface area contributed by atoms with Crippen molar-refractivity contribution in [1.29, 1.82) is 0 Å². The predicted octanol–water partition coefficient (Wildman–Crippen LogP) is 4.23. The first-order chi connectivity index (χ1) is 10.9. The Morgan fingerprint density at radius 3 is 2.65 bits per heavy atom. The quantitative estimate of drug-likeness (QED) is 0.871. The Kier molecular flexibility index (Phi) is 4.97. The zero-order chi connectivity index (χ0) is 16.4. The highest BCUT2D eigenvalue weighted by Gasteiger charge is 2.35. The molecule has 0 bridgehead atoms. The number of halogens is 3. The van der Waals surface area contributed by atoms with Gasteiger partial charge in [0, 0.05) is 18.6 Å². The van der Waals surface area contributed by atoms with E-state index in [0.717, 1.165) is 31.3 Å². The van der Waals surface area contributed by atoms with E-state index >= 15 is 0 Å². The average Bonchev–Trinajstić information content (AvgIpc) is 3.37. The third kappa shape index (κ3) is 4.27. The highest BCUT2D eigenvalue weighted by molar-refractivity contribution is 5.28. The highest BCUT2D eigenvalue weighted by atomic mass is 19.4. The lowest BCUT2D eigenvalue weighted by molar-refractivity contribution is -0.137. The van der Waals surface area contributed by atoms with Crippen LogP contribution in [-0.4, -0.2) is 30.6 Å². The van der Waals surface area contributed by atoms with Crippen LogP contribution in [0.25, 0.3) is 0 Å². The van der Waals surface area contributed by atoms with Crippen LogP contribution in [-0.2, 0) is 6.18 Å². The Labute approximate surface area is 136 Å². The molecule has 1 saturated heterocycles. The van der Waals surface area contributed by atoms with Crippen LogP contribution in [0.2, 0.25) is 0 Å². The van der Waals surface area contributed by atoms with Crippen LogP contribution in [0.4, 0.5) is 13.2 Å². The molecule has 1 aromatic carbocycles. The van der Waals surface area contributed by atoms with Crippen molar-refractivity contribution in [1.82, 2.24) is 10.2 Å². The Morgan fingerprint density at radius 2 is 2.04 bits per heavy atom. The lowest BCUT2D eigenvalue weighted by Crippen LogP contribution is -2.40. The number of benzene rings is 1. The van der Waals surface area contributed by atoms with Crippen LogP contribution in [0, 0.1) is 5.92 Å². The maximum Gasteiger partial charge on any atom is 0.416 e. The van der Waals surface area contributed by atoms with Crippen molar-refractivity contribution in [3.63, 3.8) is 0 Å². The monoisotopic (exact) mass is 326 g/mol. The normalized spacial score (nSPS) is 24.0. The van der Waals surface area contributed by atoms with Crippen molar-refractivity contribution in [2.75, 3.05) is 19.6 Å². The number of piperidine rings is 1. The smallest absolute Gasteiger partial charge is 0.316 e. The molecule has 1 aromatic rings. The molecule has 1 aliphatic heterocycles. The second-order valence-electron chi connectivity index (χ2n) is 6.94. The van der Waals surface area contributed by atoms with E-state index in [1.807, 2.05) is 13.0 Å². The molecule has 0 spiro atoms. The molecule has 1 saturated carbocycles. The molecule has 1 heterocycles. The zero-order valence-electron chi connectivity index (χ0n) is 13.6. The van der Waals surface area contributed by atoms with Crippen molar-refractivity contribution in [2.24, 2.45) is 5.92 Å². The molecule has 3 rings (SSSR count). The third-order valence-electron chi connectivity index (χ3n) is 5.08.